The molecule has 1 N–H and O–H groups in total. The molecule has 0 amide bonds. The summed E-state index contributed by atoms with van der Waals surface area (Å²) in [5, 5.41) is 23.5. The van der Waals surface area contributed by atoms with Crippen LogP contribution in [0.1, 0.15) is 10.6 Å². The van der Waals surface area contributed by atoms with E-state index in [1.807, 2.05) is 0 Å². The van der Waals surface area contributed by atoms with Crippen LogP contribution in [-0.2, 0) is 16.0 Å². The third-order valence-electron chi connectivity index (χ3n) is 1.93. The molecular formula is C8H12N4O6. The molecule has 1 rings (SSSR count). The Morgan fingerprint density at radius 3 is 2.78 bits per heavy atom. The number of aromatic nitrogens is 3. The highest BCUT2D eigenvalue weighted by atomic mass is 16.6. The molecule has 1 unspecified atom stereocenters. The number of nitrogens with zero attached hydrogens (tertiary/aromatic N) is 4. The number of carbonyl (C=O) groups excluding carboxylic acids is 1. The van der Waals surface area contributed by atoms with E-state index in [-0.39, 0.29) is 19.0 Å². The molecule has 10 nitrogen and oxygen atoms in total. The van der Waals surface area contributed by atoms with Crippen molar-refractivity contribution in [2.24, 2.45) is 0 Å². The molecule has 0 saturated carbocycles. The second kappa shape index (κ2) is 6.02. The topological polar surface area (TPSA) is 130 Å². The second-order valence-electron chi connectivity index (χ2n) is 3.28. The number of hydrogen-bond acceptors (Lipinski definition) is 8. The number of ether oxygens (including phenoxy) is 2. The van der Waals surface area contributed by atoms with Crippen molar-refractivity contribution in [3.63, 3.8) is 0 Å². The van der Waals surface area contributed by atoms with Gasteiger partial charge in [0.2, 0.25) is 0 Å². The van der Waals surface area contributed by atoms with Gasteiger partial charge < -0.3 is 24.7 Å². The summed E-state index contributed by atoms with van der Waals surface area (Å²) in [6.07, 6.45) is -0.972. The maximum Gasteiger partial charge on any atom is 0.491 e. The number of esters is 1. The molecule has 100 valence electrons. The molecule has 0 spiro atoms. The van der Waals surface area contributed by atoms with Gasteiger partial charge in [0.05, 0.1) is 26.4 Å². The van der Waals surface area contributed by atoms with Gasteiger partial charge >= 0.3 is 17.7 Å². The Labute approximate surface area is 101 Å². The van der Waals surface area contributed by atoms with E-state index in [0.29, 0.717) is 0 Å². The monoisotopic (exact) mass is 260 g/mol. The van der Waals surface area contributed by atoms with Gasteiger partial charge in [-0.15, -0.1) is 0 Å². The van der Waals surface area contributed by atoms with Gasteiger partial charge in [-0.2, -0.15) is 4.68 Å². The molecule has 18 heavy (non-hydrogen) atoms. The van der Waals surface area contributed by atoms with Crippen LogP contribution in [0.15, 0.2) is 0 Å². The van der Waals surface area contributed by atoms with E-state index >= 15 is 0 Å². The fourth-order valence-electron chi connectivity index (χ4n) is 1.22. The zero-order valence-electron chi connectivity index (χ0n) is 9.77. The first-order valence-corrected chi connectivity index (χ1v) is 4.84. The summed E-state index contributed by atoms with van der Waals surface area (Å²) < 4.78 is 10.0. The van der Waals surface area contributed by atoms with Crippen LogP contribution in [0.2, 0.25) is 0 Å². The quantitative estimate of drug-likeness (QED) is 0.390. The Morgan fingerprint density at radius 1 is 1.61 bits per heavy atom. The Balaban J connectivity index is 3.00. The number of aliphatic hydroxyl groups excluding tert-OH is 1. The lowest BCUT2D eigenvalue weighted by molar-refractivity contribution is -0.394. The normalized spacial score (nSPS) is 12.2. The van der Waals surface area contributed by atoms with E-state index in [9.17, 15) is 20.0 Å². The largest absolute Gasteiger partial charge is 0.491 e. The number of aliphatic hydroxyl groups is 1. The van der Waals surface area contributed by atoms with Gasteiger partial charge in [-0.05, 0) is 9.91 Å². The van der Waals surface area contributed by atoms with Gasteiger partial charge in [-0.3, -0.25) is 0 Å². The molecule has 0 saturated heterocycles. The minimum Gasteiger partial charge on any atom is -0.462 e. The average molecular weight is 260 g/mol. The molecule has 1 aromatic rings. The third-order valence-corrected chi connectivity index (χ3v) is 1.93. The van der Waals surface area contributed by atoms with Crippen LogP contribution in [0.3, 0.4) is 0 Å². The molecule has 10 heteroatoms. The SMILES string of the molecule is COCC(O)Cn1nc([N+](=O)[O-])nc1C(=O)OC. The van der Waals surface area contributed by atoms with E-state index < -0.39 is 22.9 Å². The van der Waals surface area contributed by atoms with Gasteiger partial charge in [0, 0.05) is 12.2 Å². The minimum atomic E-state index is -0.972. The van der Waals surface area contributed by atoms with Gasteiger partial charge in [0.15, 0.2) is 0 Å². The van der Waals surface area contributed by atoms with Gasteiger partial charge in [0.1, 0.15) is 0 Å². The summed E-state index contributed by atoms with van der Waals surface area (Å²) in [7, 11) is 2.49. The number of hydrogen-bond donors (Lipinski definition) is 1. The van der Waals surface area contributed by atoms with Gasteiger partial charge in [-0.25, -0.2) is 4.79 Å². The molecule has 0 radical (unpaired) electrons. The molecule has 0 aliphatic carbocycles. The highest BCUT2D eigenvalue weighted by molar-refractivity contribution is 5.85. The lowest BCUT2D eigenvalue weighted by Gasteiger charge is -2.07. The summed E-state index contributed by atoms with van der Waals surface area (Å²) in [5.74, 6) is -1.96. The van der Waals surface area contributed by atoms with Crippen LogP contribution in [0.4, 0.5) is 5.95 Å². The summed E-state index contributed by atoms with van der Waals surface area (Å²) in [6.45, 7) is -0.173. The van der Waals surface area contributed by atoms with Crippen molar-refractivity contribution >= 4 is 11.9 Å². The van der Waals surface area contributed by atoms with E-state index in [4.69, 9.17) is 4.74 Å². The van der Waals surface area contributed by atoms with Crippen molar-refractivity contribution < 1.29 is 24.3 Å². The Bertz CT molecular complexity index is 445. The smallest absolute Gasteiger partial charge is 0.462 e. The van der Waals surface area contributed by atoms with Crippen LogP contribution in [0.5, 0.6) is 0 Å². The Morgan fingerprint density at radius 2 is 2.28 bits per heavy atom. The van der Waals surface area contributed by atoms with Crippen molar-refractivity contribution in [2.45, 2.75) is 12.6 Å². The summed E-state index contributed by atoms with van der Waals surface area (Å²) in [6, 6.07) is 0. The van der Waals surface area contributed by atoms with Crippen molar-refractivity contribution in [3.8, 4) is 0 Å². The lowest BCUT2D eigenvalue weighted by Crippen LogP contribution is -2.24. The first-order chi connectivity index (χ1) is 8.49. The van der Waals surface area contributed by atoms with E-state index in [1.165, 1.54) is 7.11 Å². The first-order valence-electron chi connectivity index (χ1n) is 4.84. The fourth-order valence-corrected chi connectivity index (χ4v) is 1.22. The number of methoxy groups -OCH3 is 2. The summed E-state index contributed by atoms with van der Waals surface area (Å²) >= 11 is 0. The van der Waals surface area contributed by atoms with Crippen LogP contribution in [-0.4, -0.2) is 57.7 Å². The highest BCUT2D eigenvalue weighted by Gasteiger charge is 2.28. The van der Waals surface area contributed by atoms with Crippen molar-refractivity contribution in [1.82, 2.24) is 14.8 Å². The predicted octanol–water partition coefficient (Wildman–Crippen LogP) is -1.02. The molecule has 1 aromatic heterocycles. The highest BCUT2D eigenvalue weighted by Crippen LogP contribution is 2.08. The molecule has 0 aliphatic heterocycles. The van der Waals surface area contributed by atoms with E-state index in [1.54, 1.807) is 0 Å². The molecule has 0 fully saturated rings. The molecule has 1 atom stereocenters. The molecule has 1 heterocycles. The first kappa shape index (κ1) is 14.0. The predicted molar refractivity (Wildman–Crippen MR) is 55.9 cm³/mol. The molecule has 0 aliphatic rings. The van der Waals surface area contributed by atoms with Crippen LogP contribution in [0, 0.1) is 10.1 Å². The van der Waals surface area contributed by atoms with E-state index in [2.05, 4.69) is 14.8 Å². The maximum absolute atomic E-state index is 11.3. The second-order valence-corrected chi connectivity index (χ2v) is 3.28. The van der Waals surface area contributed by atoms with Crippen molar-refractivity contribution in [2.75, 3.05) is 20.8 Å². The number of carbonyl (C=O) groups is 1. The number of rotatable bonds is 6. The maximum atomic E-state index is 11.3. The van der Waals surface area contributed by atoms with Crippen LogP contribution < -0.4 is 0 Å². The van der Waals surface area contributed by atoms with Gasteiger partial charge in [0.25, 0.3) is 0 Å². The zero-order chi connectivity index (χ0) is 13.7. The van der Waals surface area contributed by atoms with Crippen molar-refractivity contribution in [1.29, 1.82) is 0 Å². The number of nitro groups is 1. The molecule has 0 bridgehead atoms. The van der Waals surface area contributed by atoms with Gasteiger partial charge in [-0.1, -0.05) is 0 Å². The summed E-state index contributed by atoms with van der Waals surface area (Å²) in [4.78, 5) is 24.4. The Hall–Kier alpha value is -2.07. The molecule has 0 aromatic carbocycles. The van der Waals surface area contributed by atoms with Crippen molar-refractivity contribution in [3.05, 3.63) is 15.9 Å². The van der Waals surface area contributed by atoms with E-state index in [0.717, 1.165) is 11.8 Å². The van der Waals surface area contributed by atoms with Crippen LogP contribution >= 0.6 is 0 Å². The molecular weight excluding hydrogens is 248 g/mol. The van der Waals surface area contributed by atoms with Crippen LogP contribution in [0.25, 0.3) is 0 Å². The lowest BCUT2D eigenvalue weighted by atomic mass is 10.4. The standard InChI is InChI=1S/C8H12N4O6/c1-17-4-5(13)3-11-6(7(14)18-2)9-8(10-11)12(15)16/h5,13H,3-4H2,1-2H3. The summed E-state index contributed by atoms with van der Waals surface area (Å²) in [5.41, 5.74) is 0. The average Bonchev–Trinajstić information content (AvgIpc) is 2.72. The minimum absolute atomic E-state index is 0.00568. The fraction of sp³-hybridized carbons (Fsp3) is 0.625. The third kappa shape index (κ3) is 3.21. The Kier molecular flexibility index (Phi) is 4.68. The zero-order valence-corrected chi connectivity index (χ0v) is 9.77.